The summed E-state index contributed by atoms with van der Waals surface area (Å²) in [7, 11) is 1.46. The Morgan fingerprint density at radius 3 is 2.63 bits per heavy atom. The van der Waals surface area contributed by atoms with Crippen LogP contribution in [0, 0.1) is 5.92 Å². The minimum atomic E-state index is -1.39. The first-order valence-corrected chi connectivity index (χ1v) is 9.83. The molecule has 152 valence electrons. The van der Waals surface area contributed by atoms with Gasteiger partial charge in [-0.1, -0.05) is 18.6 Å². The predicted octanol–water partition coefficient (Wildman–Crippen LogP) is 2.63. The second kappa shape index (κ2) is 7.32. The summed E-state index contributed by atoms with van der Waals surface area (Å²) in [4.78, 5) is 12.3. The van der Waals surface area contributed by atoms with Crippen LogP contribution in [0.5, 0.6) is 0 Å². The van der Waals surface area contributed by atoms with Gasteiger partial charge in [0, 0.05) is 24.7 Å². The maximum atomic E-state index is 12.3. The molecule has 2 bridgehead atoms. The van der Waals surface area contributed by atoms with Crippen molar-refractivity contribution in [2.45, 2.75) is 89.5 Å². The molecule has 6 heteroatoms. The lowest BCUT2D eigenvalue weighted by Crippen LogP contribution is -2.51. The molecule has 1 fully saturated rings. The van der Waals surface area contributed by atoms with Crippen molar-refractivity contribution in [3.05, 3.63) is 22.8 Å². The molecule has 27 heavy (non-hydrogen) atoms. The number of allylic oxidation sites excluding steroid dienone is 1. The molecule has 0 aromatic heterocycles. The van der Waals surface area contributed by atoms with Crippen LogP contribution in [0.3, 0.4) is 0 Å². The molecule has 3 heterocycles. The quantitative estimate of drug-likeness (QED) is 0.537. The molecule has 2 N–H and O–H groups in total. The van der Waals surface area contributed by atoms with Gasteiger partial charge in [0.05, 0.1) is 11.7 Å². The summed E-state index contributed by atoms with van der Waals surface area (Å²) in [6.45, 7) is 7.58. The van der Waals surface area contributed by atoms with E-state index in [1.807, 2.05) is 13.8 Å². The molecule has 6 atom stereocenters. The number of carbonyl (C=O) groups is 1. The summed E-state index contributed by atoms with van der Waals surface area (Å²) in [5.74, 6) is -1.56. The Kier molecular flexibility index (Phi) is 5.56. The van der Waals surface area contributed by atoms with Crippen molar-refractivity contribution in [2.75, 3.05) is 7.11 Å². The molecule has 0 amide bonds. The number of ether oxygens (including phenoxy) is 3. The van der Waals surface area contributed by atoms with E-state index in [-0.39, 0.29) is 11.7 Å². The fraction of sp³-hybridized carbons (Fsp3) is 0.762. The lowest BCUT2D eigenvalue weighted by molar-refractivity contribution is -0.201. The maximum absolute atomic E-state index is 12.3. The van der Waals surface area contributed by atoms with Crippen LogP contribution < -0.4 is 0 Å². The number of aliphatic hydroxyl groups is 2. The SMILES string of the molecule is CO[C@]12C/C(C)=C/CC[C@H](C)[C@H]3CC[C@@](C)(O3)[C@@H](O)[C@H](O)C1=C(C)C(=O)O2. The zero-order chi connectivity index (χ0) is 20.0. The van der Waals surface area contributed by atoms with Crippen LogP contribution in [0.1, 0.15) is 59.8 Å². The summed E-state index contributed by atoms with van der Waals surface area (Å²) < 4.78 is 17.5. The highest BCUT2D eigenvalue weighted by Gasteiger charge is 2.55. The third-order valence-electron chi connectivity index (χ3n) is 6.54. The van der Waals surface area contributed by atoms with E-state index in [4.69, 9.17) is 14.2 Å². The van der Waals surface area contributed by atoms with Crippen molar-refractivity contribution in [1.82, 2.24) is 0 Å². The lowest BCUT2D eigenvalue weighted by Gasteiger charge is -2.38. The average molecular weight is 380 g/mol. The molecule has 0 saturated carbocycles. The van der Waals surface area contributed by atoms with Crippen LogP contribution in [0.2, 0.25) is 0 Å². The number of methoxy groups -OCH3 is 1. The molecule has 3 aliphatic heterocycles. The van der Waals surface area contributed by atoms with Gasteiger partial charge < -0.3 is 24.4 Å². The topological polar surface area (TPSA) is 85.2 Å². The van der Waals surface area contributed by atoms with Gasteiger partial charge in [-0.15, -0.1) is 0 Å². The summed E-state index contributed by atoms with van der Waals surface area (Å²) in [6, 6.07) is 0. The number of carbonyl (C=O) groups excluding carboxylic acids is 1. The van der Waals surface area contributed by atoms with Gasteiger partial charge in [0.1, 0.15) is 12.2 Å². The first kappa shape index (κ1) is 20.5. The third kappa shape index (κ3) is 3.48. The predicted molar refractivity (Wildman–Crippen MR) is 99.8 cm³/mol. The van der Waals surface area contributed by atoms with Crippen molar-refractivity contribution in [3.63, 3.8) is 0 Å². The molecule has 0 radical (unpaired) electrons. The smallest absolute Gasteiger partial charge is 0.336 e. The fourth-order valence-corrected chi connectivity index (χ4v) is 4.70. The Bertz CT molecular complexity index is 668. The Hall–Kier alpha value is -1.21. The van der Waals surface area contributed by atoms with E-state index in [1.54, 1.807) is 6.92 Å². The highest BCUT2D eigenvalue weighted by molar-refractivity contribution is 5.92. The lowest BCUT2D eigenvalue weighted by atomic mass is 9.82. The van der Waals surface area contributed by atoms with E-state index >= 15 is 0 Å². The van der Waals surface area contributed by atoms with E-state index < -0.39 is 29.6 Å². The summed E-state index contributed by atoms with van der Waals surface area (Å²) in [5, 5.41) is 22.1. The van der Waals surface area contributed by atoms with Gasteiger partial charge in [0.2, 0.25) is 5.79 Å². The molecule has 3 rings (SSSR count). The van der Waals surface area contributed by atoms with Crippen LogP contribution in [0.25, 0.3) is 0 Å². The van der Waals surface area contributed by atoms with Crippen molar-refractivity contribution < 1.29 is 29.2 Å². The van der Waals surface area contributed by atoms with Crippen molar-refractivity contribution in [1.29, 1.82) is 0 Å². The summed E-state index contributed by atoms with van der Waals surface area (Å²) in [6.07, 6.45) is 3.35. The fourth-order valence-electron chi connectivity index (χ4n) is 4.70. The molecule has 0 aromatic carbocycles. The Morgan fingerprint density at radius 1 is 1.26 bits per heavy atom. The van der Waals surface area contributed by atoms with E-state index in [1.165, 1.54) is 7.11 Å². The van der Waals surface area contributed by atoms with Gasteiger partial charge in [0.15, 0.2) is 0 Å². The van der Waals surface area contributed by atoms with Crippen LogP contribution in [0.4, 0.5) is 0 Å². The number of rotatable bonds is 1. The molecule has 0 aliphatic carbocycles. The molecule has 0 unspecified atom stereocenters. The third-order valence-corrected chi connectivity index (χ3v) is 6.54. The number of fused-ring (bicyclic) bond motifs is 3. The number of aliphatic hydroxyl groups excluding tert-OH is 2. The van der Waals surface area contributed by atoms with Crippen molar-refractivity contribution in [3.8, 4) is 0 Å². The van der Waals surface area contributed by atoms with Crippen molar-refractivity contribution in [2.24, 2.45) is 5.92 Å². The second-order valence-corrected chi connectivity index (χ2v) is 8.56. The molecule has 1 saturated heterocycles. The zero-order valence-corrected chi connectivity index (χ0v) is 16.9. The van der Waals surface area contributed by atoms with Gasteiger partial charge in [-0.05, 0) is 52.4 Å². The van der Waals surface area contributed by atoms with E-state index in [0.717, 1.165) is 24.8 Å². The molecule has 0 aromatic rings. The Labute approximate surface area is 161 Å². The van der Waals surface area contributed by atoms with E-state index in [9.17, 15) is 15.0 Å². The van der Waals surface area contributed by atoms with Crippen LogP contribution >= 0.6 is 0 Å². The minimum Gasteiger partial charge on any atom is -0.425 e. The monoisotopic (exact) mass is 380 g/mol. The summed E-state index contributed by atoms with van der Waals surface area (Å²) >= 11 is 0. The summed E-state index contributed by atoms with van der Waals surface area (Å²) in [5.41, 5.74) is 0.725. The van der Waals surface area contributed by atoms with Gasteiger partial charge in [0.25, 0.3) is 0 Å². The maximum Gasteiger partial charge on any atom is 0.336 e. The molecular weight excluding hydrogens is 348 g/mol. The van der Waals surface area contributed by atoms with E-state index in [0.29, 0.717) is 24.3 Å². The highest BCUT2D eigenvalue weighted by Crippen LogP contribution is 2.45. The van der Waals surface area contributed by atoms with Crippen LogP contribution in [-0.4, -0.2) is 53.0 Å². The standard InChI is InChI=1S/C21H32O6/c1-12-7-6-8-13(2)15-9-10-20(4,26-15)18(23)17(22)16-14(3)19(24)27-21(16,11-12)25-5/h7,13,15,17-18,22-23H,6,8-11H2,1-5H3/b12-7+/t13-,15+,17+,18-,20+,21-/m0/s1. The number of hydrogen-bond donors (Lipinski definition) is 2. The van der Waals surface area contributed by atoms with Gasteiger partial charge in [-0.2, -0.15) is 0 Å². The van der Waals surface area contributed by atoms with Gasteiger partial charge in [-0.25, -0.2) is 4.79 Å². The minimum absolute atomic E-state index is 0.0510. The van der Waals surface area contributed by atoms with Gasteiger partial charge >= 0.3 is 5.97 Å². The highest BCUT2D eigenvalue weighted by atomic mass is 16.7. The van der Waals surface area contributed by atoms with Crippen LogP contribution in [0.15, 0.2) is 22.8 Å². The van der Waals surface area contributed by atoms with E-state index in [2.05, 4.69) is 13.0 Å². The van der Waals surface area contributed by atoms with Gasteiger partial charge in [-0.3, -0.25) is 0 Å². The normalized spacial score (nSPS) is 45.3. The molecule has 6 nitrogen and oxygen atoms in total. The zero-order valence-electron chi connectivity index (χ0n) is 16.9. The van der Waals surface area contributed by atoms with Crippen LogP contribution in [-0.2, 0) is 19.0 Å². The molecule has 0 spiro atoms. The number of esters is 1. The molecule has 3 aliphatic rings. The molecular formula is C21H32O6. The second-order valence-electron chi connectivity index (χ2n) is 8.56. The Balaban J connectivity index is 2.07. The largest absolute Gasteiger partial charge is 0.425 e. The first-order chi connectivity index (χ1) is 12.6. The first-order valence-electron chi connectivity index (χ1n) is 9.83. The van der Waals surface area contributed by atoms with Crippen molar-refractivity contribution >= 4 is 5.97 Å². The Morgan fingerprint density at radius 2 is 1.96 bits per heavy atom. The number of hydrogen-bond acceptors (Lipinski definition) is 6. The average Bonchev–Trinajstić information content (AvgIpc) is 3.13.